The third kappa shape index (κ3) is 7.28. The van der Waals surface area contributed by atoms with E-state index in [1.54, 1.807) is 4.90 Å². The molecule has 0 aromatic heterocycles. The standard InChI is InChI=1S/C12H23N3O5S/c1-21(19,20)14-8-7-13-12(18)15-9-3-2-4-10(15)5-6-11(16)17/h10,14H,2-9H2,1H3,(H,13,18)(H,16,17). The fraction of sp³-hybridized carbons (Fsp3) is 0.833. The Labute approximate surface area is 124 Å². The first kappa shape index (κ1) is 17.7. The maximum absolute atomic E-state index is 12.1. The quantitative estimate of drug-likeness (QED) is 0.569. The Morgan fingerprint density at radius 2 is 2.00 bits per heavy atom. The number of nitrogens with one attached hydrogen (secondary N) is 2. The summed E-state index contributed by atoms with van der Waals surface area (Å²) in [5, 5.41) is 11.4. The molecule has 0 aromatic carbocycles. The highest BCUT2D eigenvalue weighted by molar-refractivity contribution is 7.88. The average Bonchev–Trinajstić information content (AvgIpc) is 2.40. The number of amides is 2. The van der Waals surface area contributed by atoms with Crippen LogP contribution in [0.4, 0.5) is 4.79 Å². The Hall–Kier alpha value is -1.35. The number of carboxylic acids is 1. The van der Waals surface area contributed by atoms with Crippen LogP contribution in [0.3, 0.4) is 0 Å². The van der Waals surface area contributed by atoms with Crippen LogP contribution in [0.2, 0.25) is 0 Å². The first-order valence-electron chi connectivity index (χ1n) is 7.00. The van der Waals surface area contributed by atoms with Gasteiger partial charge in [0.1, 0.15) is 0 Å². The van der Waals surface area contributed by atoms with E-state index in [1.807, 2.05) is 0 Å². The third-order valence-electron chi connectivity index (χ3n) is 3.34. The number of likely N-dealkylation sites (tertiary alicyclic amines) is 1. The molecule has 0 spiro atoms. The van der Waals surface area contributed by atoms with Crippen molar-refractivity contribution in [3.05, 3.63) is 0 Å². The normalized spacial score (nSPS) is 19.3. The number of urea groups is 1. The van der Waals surface area contributed by atoms with Gasteiger partial charge in [-0.1, -0.05) is 0 Å². The molecule has 2 amide bonds. The van der Waals surface area contributed by atoms with E-state index >= 15 is 0 Å². The molecule has 1 heterocycles. The van der Waals surface area contributed by atoms with Crippen LogP contribution < -0.4 is 10.0 Å². The van der Waals surface area contributed by atoms with E-state index in [9.17, 15) is 18.0 Å². The molecular formula is C12H23N3O5S. The summed E-state index contributed by atoms with van der Waals surface area (Å²) in [5.74, 6) is -0.863. The Morgan fingerprint density at radius 3 is 2.62 bits per heavy atom. The van der Waals surface area contributed by atoms with Gasteiger partial charge in [-0.25, -0.2) is 17.9 Å². The monoisotopic (exact) mass is 321 g/mol. The van der Waals surface area contributed by atoms with Crippen molar-refractivity contribution in [3.63, 3.8) is 0 Å². The van der Waals surface area contributed by atoms with Gasteiger partial charge in [-0.15, -0.1) is 0 Å². The molecule has 1 aliphatic heterocycles. The van der Waals surface area contributed by atoms with Crippen LogP contribution in [-0.4, -0.2) is 62.4 Å². The number of carboxylic acid groups (broad SMARTS) is 1. The predicted octanol–water partition coefficient (Wildman–Crippen LogP) is -0.0355. The van der Waals surface area contributed by atoms with E-state index in [1.165, 1.54) is 0 Å². The molecule has 0 saturated carbocycles. The fourth-order valence-corrected chi connectivity index (χ4v) is 2.84. The molecule has 0 aromatic rings. The summed E-state index contributed by atoms with van der Waals surface area (Å²) in [6.07, 6.45) is 4.25. The van der Waals surface area contributed by atoms with Crippen LogP contribution in [0.5, 0.6) is 0 Å². The molecule has 1 unspecified atom stereocenters. The highest BCUT2D eigenvalue weighted by Gasteiger charge is 2.26. The number of carbonyl (C=O) groups excluding carboxylic acids is 1. The lowest BCUT2D eigenvalue weighted by Crippen LogP contribution is -2.50. The minimum atomic E-state index is -3.26. The first-order valence-corrected chi connectivity index (χ1v) is 8.89. The van der Waals surface area contributed by atoms with Crippen LogP contribution in [0, 0.1) is 0 Å². The first-order chi connectivity index (χ1) is 9.79. The van der Waals surface area contributed by atoms with Crippen molar-refractivity contribution in [1.82, 2.24) is 14.9 Å². The van der Waals surface area contributed by atoms with Gasteiger partial charge in [0.05, 0.1) is 6.26 Å². The van der Waals surface area contributed by atoms with Gasteiger partial charge in [0.2, 0.25) is 10.0 Å². The molecule has 3 N–H and O–H groups in total. The second kappa shape index (κ2) is 8.18. The highest BCUT2D eigenvalue weighted by atomic mass is 32.2. The molecule has 1 rings (SSSR count). The van der Waals surface area contributed by atoms with E-state index in [4.69, 9.17) is 5.11 Å². The van der Waals surface area contributed by atoms with E-state index in [0.29, 0.717) is 13.0 Å². The highest BCUT2D eigenvalue weighted by Crippen LogP contribution is 2.20. The summed E-state index contributed by atoms with van der Waals surface area (Å²) in [6, 6.07) is -0.321. The summed E-state index contributed by atoms with van der Waals surface area (Å²) in [4.78, 5) is 24.4. The number of piperidine rings is 1. The van der Waals surface area contributed by atoms with Crippen LogP contribution in [0.25, 0.3) is 0 Å². The minimum Gasteiger partial charge on any atom is -0.481 e. The zero-order chi connectivity index (χ0) is 15.9. The summed E-state index contributed by atoms with van der Waals surface area (Å²) in [5.41, 5.74) is 0. The van der Waals surface area contributed by atoms with Gasteiger partial charge in [0, 0.05) is 32.1 Å². The van der Waals surface area contributed by atoms with E-state index in [-0.39, 0.29) is 31.6 Å². The van der Waals surface area contributed by atoms with Gasteiger partial charge < -0.3 is 15.3 Å². The maximum atomic E-state index is 12.1. The SMILES string of the molecule is CS(=O)(=O)NCCNC(=O)N1CCCCC1CCC(=O)O. The molecule has 9 heteroatoms. The van der Waals surface area contributed by atoms with Gasteiger partial charge in [0.25, 0.3) is 0 Å². The number of rotatable bonds is 7. The molecule has 0 aliphatic carbocycles. The zero-order valence-electron chi connectivity index (χ0n) is 12.2. The zero-order valence-corrected chi connectivity index (χ0v) is 13.0. The Bertz CT molecular complexity index is 466. The van der Waals surface area contributed by atoms with Crippen LogP contribution in [0.1, 0.15) is 32.1 Å². The average molecular weight is 321 g/mol. The smallest absolute Gasteiger partial charge is 0.317 e. The second-order valence-corrected chi connectivity index (χ2v) is 7.01. The third-order valence-corrected chi connectivity index (χ3v) is 4.07. The van der Waals surface area contributed by atoms with Crippen molar-refractivity contribution >= 4 is 22.0 Å². The molecule has 0 bridgehead atoms. The number of aliphatic carboxylic acids is 1. The molecule has 1 saturated heterocycles. The van der Waals surface area contributed by atoms with Crippen molar-refractivity contribution in [2.24, 2.45) is 0 Å². The maximum Gasteiger partial charge on any atom is 0.317 e. The van der Waals surface area contributed by atoms with Gasteiger partial charge in [0.15, 0.2) is 0 Å². The van der Waals surface area contributed by atoms with Gasteiger partial charge >= 0.3 is 12.0 Å². The number of hydrogen-bond donors (Lipinski definition) is 3. The molecule has 0 radical (unpaired) electrons. The summed E-state index contributed by atoms with van der Waals surface area (Å²) >= 11 is 0. The van der Waals surface area contributed by atoms with Crippen molar-refractivity contribution < 1.29 is 23.1 Å². The van der Waals surface area contributed by atoms with Gasteiger partial charge in [-0.2, -0.15) is 0 Å². The number of sulfonamides is 1. The van der Waals surface area contributed by atoms with Crippen LogP contribution in [-0.2, 0) is 14.8 Å². The van der Waals surface area contributed by atoms with Crippen LogP contribution in [0.15, 0.2) is 0 Å². The molecule has 8 nitrogen and oxygen atoms in total. The Morgan fingerprint density at radius 1 is 1.29 bits per heavy atom. The number of carbonyl (C=O) groups is 2. The lowest BCUT2D eigenvalue weighted by atomic mass is 9.98. The topological polar surface area (TPSA) is 116 Å². The predicted molar refractivity (Wildman–Crippen MR) is 77.5 cm³/mol. The van der Waals surface area contributed by atoms with Crippen molar-refractivity contribution in [1.29, 1.82) is 0 Å². The lowest BCUT2D eigenvalue weighted by molar-refractivity contribution is -0.137. The number of hydrogen-bond acceptors (Lipinski definition) is 4. The summed E-state index contributed by atoms with van der Waals surface area (Å²) in [7, 11) is -3.26. The molecular weight excluding hydrogens is 298 g/mol. The molecule has 1 aliphatic rings. The minimum absolute atomic E-state index is 0.0457. The summed E-state index contributed by atoms with van der Waals surface area (Å²) in [6.45, 7) is 0.946. The van der Waals surface area contributed by atoms with Crippen molar-refractivity contribution in [2.45, 2.75) is 38.1 Å². The van der Waals surface area contributed by atoms with Crippen LogP contribution >= 0.6 is 0 Å². The van der Waals surface area contributed by atoms with Crippen molar-refractivity contribution in [3.8, 4) is 0 Å². The van der Waals surface area contributed by atoms with Gasteiger partial charge in [-0.3, -0.25) is 4.79 Å². The summed E-state index contributed by atoms with van der Waals surface area (Å²) < 4.78 is 24.1. The fourth-order valence-electron chi connectivity index (χ4n) is 2.37. The largest absolute Gasteiger partial charge is 0.481 e. The Kier molecular flexibility index (Phi) is 6.90. The van der Waals surface area contributed by atoms with E-state index < -0.39 is 16.0 Å². The molecule has 1 atom stereocenters. The second-order valence-electron chi connectivity index (χ2n) is 5.17. The molecule has 21 heavy (non-hydrogen) atoms. The molecule has 122 valence electrons. The van der Waals surface area contributed by atoms with E-state index in [2.05, 4.69) is 10.0 Å². The number of nitrogens with zero attached hydrogens (tertiary/aromatic N) is 1. The lowest BCUT2D eigenvalue weighted by Gasteiger charge is -2.35. The molecule has 1 fully saturated rings. The van der Waals surface area contributed by atoms with Gasteiger partial charge in [-0.05, 0) is 25.7 Å². The Balaban J connectivity index is 2.40. The van der Waals surface area contributed by atoms with E-state index in [0.717, 1.165) is 25.5 Å². The van der Waals surface area contributed by atoms with Crippen molar-refractivity contribution in [2.75, 3.05) is 25.9 Å².